The Hall–Kier alpha value is -0.570. The third-order valence-corrected chi connectivity index (χ3v) is 3.86. The van der Waals surface area contributed by atoms with Crippen LogP contribution in [-0.4, -0.2) is 47.4 Å². The Balaban J connectivity index is 3.05. The van der Waals surface area contributed by atoms with Crippen LogP contribution in [0.25, 0.3) is 0 Å². The first-order valence-corrected chi connectivity index (χ1v) is 5.25. The van der Waals surface area contributed by atoms with Gasteiger partial charge in [0.25, 0.3) is 0 Å². The van der Waals surface area contributed by atoms with Gasteiger partial charge in [-0.05, 0) is 34.2 Å². The molecule has 3 nitrogen and oxygen atoms in total. The van der Waals surface area contributed by atoms with Crippen LogP contribution in [0.1, 0.15) is 34.1 Å². The lowest BCUT2D eigenvalue weighted by atomic mass is 9.85. The lowest BCUT2D eigenvalue weighted by Crippen LogP contribution is -2.69. The predicted octanol–water partition coefficient (Wildman–Crippen LogP) is 1.34. The van der Waals surface area contributed by atoms with Gasteiger partial charge in [-0.3, -0.25) is 9.69 Å². The maximum atomic E-state index is 11.9. The highest BCUT2D eigenvalue weighted by Crippen LogP contribution is 2.32. The highest BCUT2D eigenvalue weighted by atomic mass is 16.2. The van der Waals surface area contributed by atoms with Gasteiger partial charge in [0.2, 0.25) is 5.91 Å². The van der Waals surface area contributed by atoms with E-state index in [2.05, 4.69) is 25.8 Å². The van der Waals surface area contributed by atoms with Crippen molar-refractivity contribution in [3.05, 3.63) is 0 Å². The van der Waals surface area contributed by atoms with Gasteiger partial charge in [-0.2, -0.15) is 0 Å². The SMILES string of the molecule is CCC1(C)CN(C)C(=O)C(C)(C)N1C. The van der Waals surface area contributed by atoms with Crippen molar-refractivity contribution in [3.63, 3.8) is 0 Å². The summed E-state index contributed by atoms with van der Waals surface area (Å²) in [5.74, 6) is 0.214. The number of nitrogens with zero attached hydrogens (tertiary/aromatic N) is 2. The van der Waals surface area contributed by atoms with Crippen molar-refractivity contribution in [3.8, 4) is 0 Å². The normalized spacial score (nSPS) is 33.6. The number of amides is 1. The first-order chi connectivity index (χ1) is 6.25. The summed E-state index contributed by atoms with van der Waals surface area (Å²) in [5, 5.41) is 0. The molecule has 82 valence electrons. The minimum Gasteiger partial charge on any atom is -0.342 e. The number of likely N-dealkylation sites (N-methyl/N-ethyl adjacent to an activating group) is 2. The molecular formula is C11H22N2O. The molecule has 0 spiro atoms. The molecule has 1 fully saturated rings. The Kier molecular flexibility index (Phi) is 2.65. The van der Waals surface area contributed by atoms with E-state index in [0.29, 0.717) is 0 Å². The minimum absolute atomic E-state index is 0.103. The van der Waals surface area contributed by atoms with E-state index in [9.17, 15) is 4.79 Å². The maximum Gasteiger partial charge on any atom is 0.242 e. The van der Waals surface area contributed by atoms with Crippen LogP contribution in [-0.2, 0) is 4.79 Å². The molecule has 0 bridgehead atoms. The van der Waals surface area contributed by atoms with Crippen LogP contribution < -0.4 is 0 Å². The Labute approximate surface area is 87.1 Å². The average molecular weight is 198 g/mol. The van der Waals surface area contributed by atoms with Crippen molar-refractivity contribution in [2.24, 2.45) is 0 Å². The summed E-state index contributed by atoms with van der Waals surface area (Å²) in [6.45, 7) is 9.22. The van der Waals surface area contributed by atoms with Crippen LogP contribution in [0, 0.1) is 0 Å². The van der Waals surface area contributed by atoms with Gasteiger partial charge in [-0.1, -0.05) is 6.92 Å². The number of hydrogen-bond donors (Lipinski definition) is 0. The van der Waals surface area contributed by atoms with Gasteiger partial charge in [0.05, 0.1) is 5.54 Å². The van der Waals surface area contributed by atoms with Crippen molar-refractivity contribution < 1.29 is 4.79 Å². The highest BCUT2D eigenvalue weighted by Gasteiger charge is 2.48. The van der Waals surface area contributed by atoms with Gasteiger partial charge in [0, 0.05) is 19.1 Å². The van der Waals surface area contributed by atoms with Crippen molar-refractivity contribution in [2.75, 3.05) is 20.6 Å². The van der Waals surface area contributed by atoms with E-state index in [4.69, 9.17) is 0 Å². The highest BCUT2D eigenvalue weighted by molar-refractivity contribution is 5.86. The van der Waals surface area contributed by atoms with Crippen LogP contribution in [0.15, 0.2) is 0 Å². The molecule has 1 unspecified atom stereocenters. The molecule has 1 aliphatic heterocycles. The Morgan fingerprint density at radius 3 is 2.21 bits per heavy atom. The second-order valence-electron chi connectivity index (χ2n) is 5.13. The molecule has 0 aliphatic carbocycles. The maximum absolute atomic E-state index is 11.9. The van der Waals surface area contributed by atoms with Crippen molar-refractivity contribution in [2.45, 2.75) is 45.2 Å². The third kappa shape index (κ3) is 1.44. The number of carbonyl (C=O) groups is 1. The standard InChI is InChI=1S/C11H22N2O/c1-7-11(4)8-12(5)9(14)10(2,3)13(11)6/h7-8H2,1-6H3. The summed E-state index contributed by atoms with van der Waals surface area (Å²) in [7, 11) is 3.94. The van der Waals surface area contributed by atoms with E-state index in [-0.39, 0.29) is 17.0 Å². The van der Waals surface area contributed by atoms with Crippen molar-refractivity contribution >= 4 is 5.91 Å². The molecule has 3 heteroatoms. The van der Waals surface area contributed by atoms with Crippen molar-refractivity contribution in [1.82, 2.24) is 9.80 Å². The molecule has 0 N–H and O–H groups in total. The van der Waals surface area contributed by atoms with E-state index < -0.39 is 0 Å². The molecule has 0 radical (unpaired) electrons. The molecule has 1 aliphatic rings. The fourth-order valence-corrected chi connectivity index (χ4v) is 2.32. The zero-order valence-electron chi connectivity index (χ0n) is 10.2. The first kappa shape index (κ1) is 11.5. The molecule has 0 saturated carbocycles. The Bertz CT molecular complexity index is 250. The molecule has 1 amide bonds. The van der Waals surface area contributed by atoms with Gasteiger partial charge in [0.15, 0.2) is 0 Å². The number of rotatable bonds is 1. The summed E-state index contributed by atoms with van der Waals surface area (Å²) in [6.07, 6.45) is 1.06. The quantitative estimate of drug-likeness (QED) is 0.635. The van der Waals surface area contributed by atoms with Crippen LogP contribution in [0.5, 0.6) is 0 Å². The summed E-state index contributed by atoms with van der Waals surface area (Å²) in [4.78, 5) is 16.0. The average Bonchev–Trinajstić information content (AvgIpc) is 2.13. The van der Waals surface area contributed by atoms with Gasteiger partial charge in [-0.25, -0.2) is 0 Å². The molecule has 1 atom stereocenters. The molecular weight excluding hydrogens is 176 g/mol. The van der Waals surface area contributed by atoms with E-state index >= 15 is 0 Å². The molecule has 1 heterocycles. The molecule has 0 aromatic carbocycles. The Morgan fingerprint density at radius 1 is 1.29 bits per heavy atom. The zero-order valence-corrected chi connectivity index (χ0v) is 10.2. The van der Waals surface area contributed by atoms with Crippen LogP contribution in [0.2, 0.25) is 0 Å². The van der Waals surface area contributed by atoms with E-state index in [0.717, 1.165) is 13.0 Å². The third-order valence-electron chi connectivity index (χ3n) is 3.86. The van der Waals surface area contributed by atoms with Crippen LogP contribution in [0.3, 0.4) is 0 Å². The summed E-state index contributed by atoms with van der Waals surface area (Å²) >= 11 is 0. The van der Waals surface area contributed by atoms with Gasteiger partial charge >= 0.3 is 0 Å². The second-order valence-corrected chi connectivity index (χ2v) is 5.13. The Morgan fingerprint density at radius 2 is 1.79 bits per heavy atom. The second kappa shape index (κ2) is 3.23. The molecule has 0 aromatic heterocycles. The molecule has 14 heavy (non-hydrogen) atoms. The zero-order chi connectivity index (χ0) is 11.1. The fraction of sp³-hybridized carbons (Fsp3) is 0.909. The van der Waals surface area contributed by atoms with Gasteiger partial charge in [0.1, 0.15) is 0 Å². The first-order valence-electron chi connectivity index (χ1n) is 5.25. The largest absolute Gasteiger partial charge is 0.342 e. The van der Waals surface area contributed by atoms with E-state index in [1.165, 1.54) is 0 Å². The van der Waals surface area contributed by atoms with Crippen LogP contribution >= 0.6 is 0 Å². The summed E-state index contributed by atoms with van der Waals surface area (Å²) in [5.41, 5.74) is -0.274. The minimum atomic E-state index is -0.377. The summed E-state index contributed by atoms with van der Waals surface area (Å²) in [6, 6.07) is 0. The van der Waals surface area contributed by atoms with E-state index in [1.54, 1.807) is 0 Å². The lowest BCUT2D eigenvalue weighted by molar-refractivity contribution is -0.156. The number of carbonyl (C=O) groups excluding carboxylic acids is 1. The smallest absolute Gasteiger partial charge is 0.242 e. The monoisotopic (exact) mass is 198 g/mol. The molecule has 1 saturated heterocycles. The molecule has 0 aromatic rings. The van der Waals surface area contributed by atoms with Crippen LogP contribution in [0.4, 0.5) is 0 Å². The summed E-state index contributed by atoms with van der Waals surface area (Å²) < 4.78 is 0. The predicted molar refractivity (Wildman–Crippen MR) is 58.2 cm³/mol. The fourth-order valence-electron chi connectivity index (χ4n) is 2.32. The topological polar surface area (TPSA) is 23.6 Å². The molecule has 1 rings (SSSR count). The van der Waals surface area contributed by atoms with Gasteiger partial charge in [-0.15, -0.1) is 0 Å². The van der Waals surface area contributed by atoms with Crippen molar-refractivity contribution in [1.29, 1.82) is 0 Å². The number of piperazine rings is 1. The lowest BCUT2D eigenvalue weighted by Gasteiger charge is -2.54. The van der Waals surface area contributed by atoms with Gasteiger partial charge < -0.3 is 4.90 Å². The van der Waals surface area contributed by atoms with E-state index in [1.807, 2.05) is 25.8 Å². The number of hydrogen-bond acceptors (Lipinski definition) is 2.